The lowest BCUT2D eigenvalue weighted by Crippen LogP contribution is -2.40. The van der Waals surface area contributed by atoms with Crippen molar-refractivity contribution in [2.24, 2.45) is 11.8 Å². The van der Waals surface area contributed by atoms with Crippen LogP contribution in [0.2, 0.25) is 0 Å². The summed E-state index contributed by atoms with van der Waals surface area (Å²) >= 11 is 0. The molecule has 1 saturated heterocycles. The fourth-order valence-electron chi connectivity index (χ4n) is 2.80. The van der Waals surface area contributed by atoms with Gasteiger partial charge in [0.2, 0.25) is 0 Å². The van der Waals surface area contributed by atoms with Crippen LogP contribution >= 0.6 is 0 Å². The summed E-state index contributed by atoms with van der Waals surface area (Å²) in [6.45, 7) is 8.57. The topological polar surface area (TPSA) is 87.1 Å². The van der Waals surface area contributed by atoms with Gasteiger partial charge in [-0.05, 0) is 42.5 Å². The Bertz CT molecular complexity index is 512. The molecule has 2 atom stereocenters. The maximum atomic E-state index is 12.7. The van der Waals surface area contributed by atoms with E-state index in [1.54, 1.807) is 12.1 Å². The maximum Gasteiger partial charge on any atom is 0.414 e. The van der Waals surface area contributed by atoms with Gasteiger partial charge in [0.1, 0.15) is 18.2 Å². The highest BCUT2D eigenvalue weighted by Crippen LogP contribution is 2.20. The summed E-state index contributed by atoms with van der Waals surface area (Å²) in [6, 6.07) is 6.22. The zero-order valence-electron chi connectivity index (χ0n) is 13.9. The predicted molar refractivity (Wildman–Crippen MR) is 86.6 cm³/mol. The van der Waals surface area contributed by atoms with Crippen molar-refractivity contribution in [1.82, 2.24) is 4.90 Å². The molecule has 6 nitrogen and oxygen atoms in total. The Kier molecular flexibility index (Phi) is 8.18. The summed E-state index contributed by atoms with van der Waals surface area (Å²) in [5.41, 5.74) is 0. The van der Waals surface area contributed by atoms with Crippen molar-refractivity contribution < 1.29 is 28.9 Å². The highest BCUT2D eigenvalue weighted by molar-refractivity contribution is 6.27. The van der Waals surface area contributed by atoms with Crippen molar-refractivity contribution >= 4 is 11.9 Å². The number of benzene rings is 1. The molecule has 0 radical (unpaired) electrons. The van der Waals surface area contributed by atoms with Crippen LogP contribution in [0, 0.1) is 17.7 Å². The molecule has 1 aliphatic rings. The van der Waals surface area contributed by atoms with Gasteiger partial charge in [-0.3, -0.25) is 4.90 Å². The van der Waals surface area contributed by atoms with E-state index in [0.29, 0.717) is 6.61 Å². The fourth-order valence-corrected chi connectivity index (χ4v) is 2.80. The van der Waals surface area contributed by atoms with Crippen LogP contribution < -0.4 is 4.74 Å². The van der Waals surface area contributed by atoms with Gasteiger partial charge in [-0.15, -0.1) is 0 Å². The van der Waals surface area contributed by atoms with Gasteiger partial charge in [-0.2, -0.15) is 0 Å². The molecule has 24 heavy (non-hydrogen) atoms. The molecule has 0 aliphatic carbocycles. The van der Waals surface area contributed by atoms with Crippen LogP contribution in [-0.4, -0.2) is 53.3 Å². The largest absolute Gasteiger partial charge is 0.492 e. The van der Waals surface area contributed by atoms with Crippen molar-refractivity contribution in [3.05, 3.63) is 30.1 Å². The highest BCUT2D eigenvalue weighted by atomic mass is 19.1. The number of carbonyl (C=O) groups is 2. The normalized spacial score (nSPS) is 20.6. The lowest BCUT2D eigenvalue weighted by Gasteiger charge is -2.34. The van der Waals surface area contributed by atoms with Gasteiger partial charge in [-0.1, -0.05) is 13.8 Å². The summed E-state index contributed by atoms with van der Waals surface area (Å²) in [4.78, 5) is 20.7. The van der Waals surface area contributed by atoms with Gasteiger partial charge >= 0.3 is 11.9 Å². The second-order valence-corrected chi connectivity index (χ2v) is 6.12. The Morgan fingerprint density at radius 1 is 1.12 bits per heavy atom. The lowest BCUT2D eigenvalue weighted by molar-refractivity contribution is -0.159. The zero-order chi connectivity index (χ0) is 18.1. The monoisotopic (exact) mass is 341 g/mol. The van der Waals surface area contributed by atoms with Crippen LogP contribution in [-0.2, 0) is 9.59 Å². The average molecular weight is 341 g/mol. The molecule has 1 aromatic carbocycles. The van der Waals surface area contributed by atoms with Crippen molar-refractivity contribution in [2.75, 3.05) is 26.2 Å². The first-order valence-corrected chi connectivity index (χ1v) is 7.84. The third-order valence-corrected chi connectivity index (χ3v) is 3.62. The molecule has 0 aromatic heterocycles. The van der Waals surface area contributed by atoms with Gasteiger partial charge in [-0.25, -0.2) is 14.0 Å². The number of aliphatic carboxylic acids is 2. The molecule has 2 N–H and O–H groups in total. The van der Waals surface area contributed by atoms with Crippen LogP contribution in [0.5, 0.6) is 5.75 Å². The molecule has 0 spiro atoms. The Morgan fingerprint density at radius 3 is 2.08 bits per heavy atom. The second kappa shape index (κ2) is 9.87. The number of carboxylic acids is 2. The van der Waals surface area contributed by atoms with Gasteiger partial charge in [0.05, 0.1) is 0 Å². The molecule has 1 aliphatic heterocycles. The summed E-state index contributed by atoms with van der Waals surface area (Å²) in [7, 11) is 0. The molecular weight excluding hydrogens is 317 g/mol. The van der Waals surface area contributed by atoms with Crippen molar-refractivity contribution in [3.8, 4) is 5.75 Å². The first-order chi connectivity index (χ1) is 11.3. The molecular formula is C17H24FNO5. The number of likely N-dealkylation sites (tertiary alicyclic amines) is 1. The second-order valence-electron chi connectivity index (χ2n) is 6.12. The van der Waals surface area contributed by atoms with Crippen LogP contribution in [0.4, 0.5) is 4.39 Å². The van der Waals surface area contributed by atoms with E-state index in [-0.39, 0.29) is 5.82 Å². The Hall–Kier alpha value is -2.15. The van der Waals surface area contributed by atoms with E-state index in [9.17, 15) is 4.39 Å². The molecule has 134 valence electrons. The molecule has 7 heteroatoms. The molecule has 1 fully saturated rings. The van der Waals surface area contributed by atoms with Crippen LogP contribution in [0.3, 0.4) is 0 Å². The van der Waals surface area contributed by atoms with E-state index in [1.807, 2.05) is 0 Å². The number of hydrogen-bond donors (Lipinski definition) is 2. The number of piperidine rings is 1. The first-order valence-electron chi connectivity index (χ1n) is 7.84. The maximum absolute atomic E-state index is 12.7. The van der Waals surface area contributed by atoms with E-state index in [4.69, 9.17) is 24.5 Å². The minimum atomic E-state index is -1.82. The van der Waals surface area contributed by atoms with E-state index in [1.165, 1.54) is 18.6 Å². The van der Waals surface area contributed by atoms with E-state index >= 15 is 0 Å². The summed E-state index contributed by atoms with van der Waals surface area (Å²) in [5, 5.41) is 14.8. The molecule has 2 unspecified atom stereocenters. The minimum absolute atomic E-state index is 0.221. The molecule has 1 heterocycles. The lowest BCUT2D eigenvalue weighted by atomic mass is 9.92. The van der Waals surface area contributed by atoms with E-state index < -0.39 is 11.9 Å². The molecule has 0 bridgehead atoms. The van der Waals surface area contributed by atoms with Crippen molar-refractivity contribution in [2.45, 2.75) is 20.3 Å². The van der Waals surface area contributed by atoms with Crippen molar-refractivity contribution in [1.29, 1.82) is 0 Å². The van der Waals surface area contributed by atoms with E-state index in [2.05, 4.69) is 18.7 Å². The van der Waals surface area contributed by atoms with Gasteiger partial charge in [0.25, 0.3) is 0 Å². The predicted octanol–water partition coefficient (Wildman–Crippen LogP) is 2.34. The summed E-state index contributed by atoms with van der Waals surface area (Å²) < 4.78 is 18.3. The van der Waals surface area contributed by atoms with Gasteiger partial charge in [0, 0.05) is 19.6 Å². The quantitative estimate of drug-likeness (QED) is 0.818. The van der Waals surface area contributed by atoms with Crippen LogP contribution in [0.15, 0.2) is 24.3 Å². The molecule has 1 aromatic rings. The zero-order valence-corrected chi connectivity index (χ0v) is 13.9. The Labute approximate surface area is 140 Å². The Balaban J connectivity index is 0.000000413. The third kappa shape index (κ3) is 7.92. The minimum Gasteiger partial charge on any atom is -0.492 e. The molecule has 2 rings (SSSR count). The Morgan fingerprint density at radius 2 is 1.62 bits per heavy atom. The standard InChI is InChI=1S/C15H22FNO.C2H2O4/c1-12-9-13(2)11-17(10-12)7-8-18-15-5-3-14(16)4-6-15;3-1(4)2(5)6/h3-6,12-13H,7-11H2,1-2H3;(H,3,4)(H,5,6). The number of carboxylic acid groups (broad SMARTS) is 2. The molecule has 0 amide bonds. The number of hydrogen-bond acceptors (Lipinski definition) is 4. The van der Waals surface area contributed by atoms with Crippen LogP contribution in [0.25, 0.3) is 0 Å². The fraction of sp³-hybridized carbons (Fsp3) is 0.529. The van der Waals surface area contributed by atoms with Gasteiger partial charge < -0.3 is 14.9 Å². The number of rotatable bonds is 4. The van der Waals surface area contributed by atoms with Crippen LogP contribution in [0.1, 0.15) is 20.3 Å². The van der Waals surface area contributed by atoms with Gasteiger partial charge in [0.15, 0.2) is 0 Å². The highest BCUT2D eigenvalue weighted by Gasteiger charge is 2.21. The van der Waals surface area contributed by atoms with E-state index in [0.717, 1.165) is 37.2 Å². The third-order valence-electron chi connectivity index (χ3n) is 3.62. The van der Waals surface area contributed by atoms with Crippen molar-refractivity contribution in [3.63, 3.8) is 0 Å². The first kappa shape index (κ1) is 19.9. The summed E-state index contributed by atoms with van der Waals surface area (Å²) in [5.74, 6) is -1.57. The number of nitrogens with zero attached hydrogens (tertiary/aromatic N) is 1. The average Bonchev–Trinajstić information content (AvgIpc) is 2.49. The molecule has 0 saturated carbocycles. The summed E-state index contributed by atoms with van der Waals surface area (Å²) in [6.07, 6.45) is 1.33. The number of halogens is 1. The number of ether oxygens (including phenoxy) is 1. The smallest absolute Gasteiger partial charge is 0.414 e. The SMILES string of the molecule is CC1CC(C)CN(CCOc2ccc(F)cc2)C1.O=C(O)C(=O)O.